The van der Waals surface area contributed by atoms with Gasteiger partial charge in [-0.3, -0.25) is 9.59 Å². The number of hydrogen-bond donors (Lipinski definition) is 1. The summed E-state index contributed by atoms with van der Waals surface area (Å²) in [5, 5.41) is 12.1. The van der Waals surface area contributed by atoms with E-state index in [9.17, 15) is 14.7 Å². The molecule has 0 spiro atoms. The lowest BCUT2D eigenvalue weighted by Gasteiger charge is -2.67. The first-order valence-electron chi connectivity index (χ1n) is 10.3. The van der Waals surface area contributed by atoms with Gasteiger partial charge in [0.05, 0.1) is 23.5 Å². The third-order valence-corrected chi connectivity index (χ3v) is 7.86. The van der Waals surface area contributed by atoms with E-state index in [1.807, 2.05) is 19.9 Å². The summed E-state index contributed by atoms with van der Waals surface area (Å²) in [6.45, 7) is 5.56. The van der Waals surface area contributed by atoms with Crippen LogP contribution >= 0.6 is 0 Å². The predicted molar refractivity (Wildman–Crippen MR) is 100 cm³/mol. The molecule has 1 saturated heterocycles. The Morgan fingerprint density at radius 2 is 2.18 bits per heavy atom. The number of furan rings is 1. The molecule has 4 rings (SSSR count). The smallest absolute Gasteiger partial charge is 0.312 e. The monoisotopic (exact) mass is 390 g/mol. The summed E-state index contributed by atoms with van der Waals surface area (Å²) in [5.41, 5.74) is -1.30. The highest BCUT2D eigenvalue weighted by Crippen LogP contribution is 2.66. The number of rotatable bonds is 4. The van der Waals surface area contributed by atoms with Crippen molar-refractivity contribution < 1.29 is 28.6 Å². The Morgan fingerprint density at radius 1 is 1.39 bits per heavy atom. The van der Waals surface area contributed by atoms with Gasteiger partial charge < -0.3 is 19.0 Å². The second-order valence-corrected chi connectivity index (χ2v) is 9.32. The van der Waals surface area contributed by atoms with Gasteiger partial charge in [-0.25, -0.2) is 0 Å². The first kappa shape index (κ1) is 19.5. The largest absolute Gasteiger partial charge is 0.472 e. The standard InChI is InChI=1S/C22H30O6/c1-14-11-17(28-15(2)23)18-20(3)7-4-8-21(18,13-27-19(20)24)22(14,25)9-5-16-6-10-26-12-16/h6,10,12,14,17-18,25H,4-5,7-9,11,13H2,1-3H3/t14-,17-,18+,20-,21-,22-/m1/s1. The van der Waals surface area contributed by atoms with E-state index >= 15 is 0 Å². The fraction of sp³-hybridized carbons (Fsp3) is 0.727. The molecule has 2 bridgehead atoms. The summed E-state index contributed by atoms with van der Waals surface area (Å²) < 4.78 is 16.6. The number of carbonyl (C=O) groups is 2. The van der Waals surface area contributed by atoms with E-state index in [0.29, 0.717) is 25.7 Å². The van der Waals surface area contributed by atoms with Crippen molar-refractivity contribution in [1.29, 1.82) is 0 Å². The van der Waals surface area contributed by atoms with Crippen LogP contribution in [0.25, 0.3) is 0 Å². The predicted octanol–water partition coefficient (Wildman–Crippen LogP) is 3.26. The van der Waals surface area contributed by atoms with Crippen LogP contribution in [0.1, 0.15) is 58.4 Å². The van der Waals surface area contributed by atoms with Crippen LogP contribution in [0.4, 0.5) is 0 Å². The number of cyclic esters (lactones) is 1. The van der Waals surface area contributed by atoms with Crippen LogP contribution in [0.2, 0.25) is 0 Å². The molecule has 1 aromatic heterocycles. The van der Waals surface area contributed by atoms with Gasteiger partial charge in [-0.1, -0.05) is 13.3 Å². The third kappa shape index (κ3) is 2.64. The zero-order valence-corrected chi connectivity index (χ0v) is 16.9. The molecular weight excluding hydrogens is 360 g/mol. The van der Waals surface area contributed by atoms with E-state index in [4.69, 9.17) is 13.9 Å². The van der Waals surface area contributed by atoms with Crippen LogP contribution in [-0.4, -0.2) is 35.4 Å². The molecule has 28 heavy (non-hydrogen) atoms. The number of carbonyl (C=O) groups excluding carboxylic acids is 2. The molecule has 0 unspecified atom stereocenters. The Bertz CT molecular complexity index is 757. The summed E-state index contributed by atoms with van der Waals surface area (Å²) >= 11 is 0. The Hall–Kier alpha value is -1.82. The fourth-order valence-corrected chi connectivity index (χ4v) is 6.58. The van der Waals surface area contributed by atoms with E-state index in [0.717, 1.165) is 18.4 Å². The molecule has 154 valence electrons. The van der Waals surface area contributed by atoms with Gasteiger partial charge in [0, 0.05) is 18.3 Å². The average Bonchev–Trinajstić information content (AvgIpc) is 3.14. The number of hydrogen-bond acceptors (Lipinski definition) is 6. The molecule has 6 heteroatoms. The van der Waals surface area contributed by atoms with Crippen molar-refractivity contribution in [3.8, 4) is 0 Å². The van der Waals surface area contributed by atoms with E-state index in [-0.39, 0.29) is 36.5 Å². The molecule has 6 nitrogen and oxygen atoms in total. The molecule has 2 aliphatic carbocycles. The molecule has 1 N–H and O–H groups in total. The van der Waals surface area contributed by atoms with E-state index < -0.39 is 16.4 Å². The number of ether oxygens (including phenoxy) is 2. The summed E-state index contributed by atoms with van der Waals surface area (Å²) in [4.78, 5) is 24.6. The van der Waals surface area contributed by atoms with Gasteiger partial charge in [-0.15, -0.1) is 0 Å². The first-order valence-corrected chi connectivity index (χ1v) is 10.3. The fourth-order valence-electron chi connectivity index (χ4n) is 6.58. The van der Waals surface area contributed by atoms with Gasteiger partial charge in [0.1, 0.15) is 12.7 Å². The second-order valence-electron chi connectivity index (χ2n) is 9.32. The number of aryl methyl sites for hydroxylation is 1. The van der Waals surface area contributed by atoms with Crippen LogP contribution < -0.4 is 0 Å². The first-order chi connectivity index (χ1) is 13.2. The molecule has 0 amide bonds. The normalized spacial score (nSPS) is 42.4. The van der Waals surface area contributed by atoms with Gasteiger partial charge >= 0.3 is 11.9 Å². The zero-order valence-electron chi connectivity index (χ0n) is 16.9. The summed E-state index contributed by atoms with van der Waals surface area (Å²) in [6, 6.07) is 1.92. The van der Waals surface area contributed by atoms with Gasteiger partial charge in [0.25, 0.3) is 0 Å². The molecule has 1 aromatic rings. The van der Waals surface area contributed by atoms with Crippen molar-refractivity contribution in [3.05, 3.63) is 24.2 Å². The molecule has 0 aromatic carbocycles. The van der Waals surface area contributed by atoms with Crippen molar-refractivity contribution >= 4 is 11.9 Å². The highest BCUT2D eigenvalue weighted by atomic mass is 16.6. The molecule has 3 fully saturated rings. The topological polar surface area (TPSA) is 86.0 Å². The maximum Gasteiger partial charge on any atom is 0.312 e. The quantitative estimate of drug-likeness (QED) is 0.794. The van der Waals surface area contributed by atoms with E-state index in [1.165, 1.54) is 6.92 Å². The Kier molecular flexibility index (Phi) is 4.60. The van der Waals surface area contributed by atoms with Gasteiger partial charge in [0.2, 0.25) is 0 Å². The molecule has 2 saturated carbocycles. The van der Waals surface area contributed by atoms with Crippen LogP contribution in [0.3, 0.4) is 0 Å². The van der Waals surface area contributed by atoms with Crippen LogP contribution in [0.5, 0.6) is 0 Å². The van der Waals surface area contributed by atoms with E-state index in [1.54, 1.807) is 12.5 Å². The van der Waals surface area contributed by atoms with Crippen molar-refractivity contribution in [2.45, 2.75) is 71.0 Å². The van der Waals surface area contributed by atoms with Gasteiger partial charge in [-0.2, -0.15) is 0 Å². The van der Waals surface area contributed by atoms with Crippen LogP contribution in [0.15, 0.2) is 23.0 Å². The van der Waals surface area contributed by atoms with Crippen molar-refractivity contribution in [2.75, 3.05) is 6.61 Å². The zero-order chi connectivity index (χ0) is 20.2. The average molecular weight is 390 g/mol. The lowest BCUT2D eigenvalue weighted by molar-refractivity contribution is -0.291. The van der Waals surface area contributed by atoms with E-state index in [2.05, 4.69) is 0 Å². The van der Waals surface area contributed by atoms with Crippen molar-refractivity contribution in [3.63, 3.8) is 0 Å². The SMILES string of the molecule is CC(=O)O[C@@H]1C[C@@H](C)[C@](O)(CCc2ccoc2)[C@]23CCC[C@@](C)(C(=O)OC2)[C@H]13. The number of esters is 2. The molecule has 0 radical (unpaired) electrons. The molecular formula is C22H30O6. The van der Waals surface area contributed by atoms with Gasteiger partial charge in [0.15, 0.2) is 0 Å². The minimum absolute atomic E-state index is 0.0841. The lowest BCUT2D eigenvalue weighted by Crippen LogP contribution is -2.73. The minimum atomic E-state index is -1.01. The molecule has 3 aliphatic rings. The Balaban J connectivity index is 1.76. The van der Waals surface area contributed by atoms with Crippen molar-refractivity contribution in [1.82, 2.24) is 0 Å². The maximum absolute atomic E-state index is 12.8. The van der Waals surface area contributed by atoms with Gasteiger partial charge in [-0.05, 0) is 56.6 Å². The highest BCUT2D eigenvalue weighted by Gasteiger charge is 2.72. The molecule has 1 aliphatic heterocycles. The molecule has 6 atom stereocenters. The third-order valence-electron chi connectivity index (χ3n) is 7.86. The summed E-state index contributed by atoms with van der Waals surface area (Å²) in [7, 11) is 0. The maximum atomic E-state index is 12.8. The Morgan fingerprint density at radius 3 is 2.86 bits per heavy atom. The second kappa shape index (κ2) is 6.61. The number of aliphatic hydroxyl groups is 1. The molecule has 2 heterocycles. The summed E-state index contributed by atoms with van der Waals surface area (Å²) in [6.07, 6.45) is 7.10. The van der Waals surface area contributed by atoms with Crippen molar-refractivity contribution in [2.24, 2.45) is 22.7 Å². The summed E-state index contributed by atoms with van der Waals surface area (Å²) in [5.74, 6) is -0.878. The van der Waals surface area contributed by atoms with Crippen LogP contribution in [0, 0.1) is 22.7 Å². The lowest BCUT2D eigenvalue weighted by atomic mass is 9.41. The highest BCUT2D eigenvalue weighted by molar-refractivity contribution is 5.78. The minimum Gasteiger partial charge on any atom is -0.472 e. The Labute approximate surface area is 165 Å². The van der Waals surface area contributed by atoms with Crippen LogP contribution in [-0.2, 0) is 25.5 Å².